The predicted octanol–water partition coefficient (Wildman–Crippen LogP) is 4.90. The second-order valence-corrected chi connectivity index (χ2v) is 7.92. The third kappa shape index (κ3) is 4.99. The van der Waals surface area contributed by atoms with Gasteiger partial charge in [-0.1, -0.05) is 52.0 Å². The average Bonchev–Trinajstić information content (AvgIpc) is 3.06. The third-order valence-electron chi connectivity index (χ3n) is 4.51. The molecule has 1 aliphatic rings. The minimum Gasteiger partial charge on any atom is -0.462 e. The van der Waals surface area contributed by atoms with E-state index in [1.165, 1.54) is 5.56 Å². The van der Waals surface area contributed by atoms with Gasteiger partial charge in [0, 0.05) is 5.56 Å². The molecule has 150 valence electrons. The topological polar surface area (TPSA) is 65.0 Å². The van der Waals surface area contributed by atoms with E-state index in [2.05, 4.69) is 25.8 Å². The van der Waals surface area contributed by atoms with Gasteiger partial charge >= 0.3 is 11.9 Å². The van der Waals surface area contributed by atoms with Crippen LogP contribution in [0.25, 0.3) is 6.08 Å². The van der Waals surface area contributed by atoms with Gasteiger partial charge < -0.3 is 9.47 Å². The van der Waals surface area contributed by atoms with Gasteiger partial charge in [0.05, 0.1) is 12.2 Å². The minimum atomic E-state index is -0.494. The summed E-state index contributed by atoms with van der Waals surface area (Å²) in [4.78, 5) is 28.4. The molecule has 0 radical (unpaired) electrons. The van der Waals surface area contributed by atoms with Gasteiger partial charge in [-0.15, -0.1) is 0 Å². The molecule has 0 saturated carbocycles. The number of ether oxygens (including phenoxy) is 2. The van der Waals surface area contributed by atoms with Gasteiger partial charge in [0.15, 0.2) is 5.70 Å². The Bertz CT molecular complexity index is 961. The summed E-state index contributed by atoms with van der Waals surface area (Å²) >= 11 is 0. The number of rotatable bonds is 5. The lowest BCUT2D eigenvalue weighted by Gasteiger charge is -2.18. The van der Waals surface area contributed by atoms with Crippen LogP contribution >= 0.6 is 0 Å². The molecule has 1 aliphatic heterocycles. The van der Waals surface area contributed by atoms with E-state index in [4.69, 9.17) is 9.47 Å². The van der Waals surface area contributed by atoms with Gasteiger partial charge in [0.2, 0.25) is 5.90 Å². The van der Waals surface area contributed by atoms with Crippen LogP contribution in [0.15, 0.2) is 59.2 Å². The molecular formula is C24H25NO4. The van der Waals surface area contributed by atoms with Crippen molar-refractivity contribution in [3.8, 4) is 0 Å². The minimum absolute atomic E-state index is 0.0485. The lowest BCUT2D eigenvalue weighted by Crippen LogP contribution is -2.11. The van der Waals surface area contributed by atoms with Gasteiger partial charge in [-0.25, -0.2) is 14.6 Å². The number of carbonyl (C=O) groups excluding carboxylic acids is 2. The predicted molar refractivity (Wildman–Crippen MR) is 113 cm³/mol. The molecule has 0 fully saturated rings. The van der Waals surface area contributed by atoms with Crippen molar-refractivity contribution >= 4 is 23.9 Å². The van der Waals surface area contributed by atoms with Crippen molar-refractivity contribution in [2.45, 2.75) is 39.5 Å². The Balaban J connectivity index is 1.77. The van der Waals surface area contributed by atoms with Crippen molar-refractivity contribution in [2.24, 2.45) is 4.99 Å². The van der Waals surface area contributed by atoms with Gasteiger partial charge in [-0.2, -0.15) is 0 Å². The molecule has 5 heteroatoms. The zero-order chi connectivity index (χ0) is 21.0. The summed E-state index contributed by atoms with van der Waals surface area (Å²) < 4.78 is 10.4. The van der Waals surface area contributed by atoms with E-state index in [0.29, 0.717) is 18.1 Å². The third-order valence-corrected chi connectivity index (χ3v) is 4.51. The quantitative estimate of drug-likeness (QED) is 0.537. The summed E-state index contributed by atoms with van der Waals surface area (Å²) in [5, 5.41) is 0. The van der Waals surface area contributed by atoms with Crippen molar-refractivity contribution in [2.75, 3.05) is 6.61 Å². The van der Waals surface area contributed by atoms with Crippen LogP contribution in [-0.2, 0) is 19.7 Å². The molecule has 29 heavy (non-hydrogen) atoms. The maximum atomic E-state index is 12.2. The monoisotopic (exact) mass is 391 g/mol. The van der Waals surface area contributed by atoms with Crippen molar-refractivity contribution in [1.29, 1.82) is 0 Å². The van der Waals surface area contributed by atoms with E-state index in [1.54, 1.807) is 30.3 Å². The first-order valence-electron chi connectivity index (χ1n) is 9.68. The SMILES string of the molecule is CCCOC(=O)c1ccc(/C=C2\N=C(c3ccc(C(C)(C)C)cc3)OC2=O)cc1. The van der Waals surface area contributed by atoms with E-state index < -0.39 is 5.97 Å². The highest BCUT2D eigenvalue weighted by Gasteiger charge is 2.24. The normalized spacial score (nSPS) is 15.2. The Morgan fingerprint density at radius 2 is 1.72 bits per heavy atom. The first kappa shape index (κ1) is 20.5. The lowest BCUT2D eigenvalue weighted by atomic mass is 9.87. The number of nitrogens with zero attached hydrogens (tertiary/aromatic N) is 1. The van der Waals surface area contributed by atoms with Crippen molar-refractivity contribution in [3.05, 3.63) is 76.5 Å². The van der Waals surface area contributed by atoms with Crippen molar-refractivity contribution in [1.82, 2.24) is 0 Å². The average molecular weight is 391 g/mol. The van der Waals surface area contributed by atoms with Gasteiger partial charge in [0.1, 0.15) is 0 Å². The zero-order valence-electron chi connectivity index (χ0n) is 17.2. The first-order chi connectivity index (χ1) is 13.8. The molecule has 0 unspecified atom stereocenters. The smallest absolute Gasteiger partial charge is 0.363 e. The molecule has 0 atom stereocenters. The Morgan fingerprint density at radius 1 is 1.07 bits per heavy atom. The lowest BCUT2D eigenvalue weighted by molar-refractivity contribution is -0.129. The number of hydrogen-bond acceptors (Lipinski definition) is 5. The standard InChI is InChI=1S/C24H25NO4/c1-5-14-28-22(26)18-8-6-16(7-9-18)15-20-23(27)29-21(25-20)17-10-12-19(13-11-17)24(2,3)4/h6-13,15H,5,14H2,1-4H3/b20-15-. The van der Waals surface area contributed by atoms with Gasteiger partial charge in [-0.05, 0) is 53.3 Å². The van der Waals surface area contributed by atoms with E-state index in [0.717, 1.165) is 17.5 Å². The molecule has 0 amide bonds. The zero-order valence-corrected chi connectivity index (χ0v) is 17.2. The molecule has 3 rings (SSSR count). The molecule has 0 N–H and O–H groups in total. The van der Waals surface area contributed by atoms with E-state index in [9.17, 15) is 9.59 Å². The molecule has 0 bridgehead atoms. The number of esters is 2. The Hall–Kier alpha value is -3.21. The molecule has 2 aromatic carbocycles. The molecular weight excluding hydrogens is 366 g/mol. The second-order valence-electron chi connectivity index (χ2n) is 7.92. The fourth-order valence-electron chi connectivity index (χ4n) is 2.80. The fraction of sp³-hybridized carbons (Fsp3) is 0.292. The molecule has 0 aromatic heterocycles. The molecule has 5 nitrogen and oxygen atoms in total. The molecule has 0 aliphatic carbocycles. The largest absolute Gasteiger partial charge is 0.462 e. The highest BCUT2D eigenvalue weighted by molar-refractivity contribution is 6.12. The summed E-state index contributed by atoms with van der Waals surface area (Å²) in [5.41, 5.74) is 3.44. The van der Waals surface area contributed by atoms with Gasteiger partial charge in [0.25, 0.3) is 0 Å². The molecule has 2 aromatic rings. The first-order valence-corrected chi connectivity index (χ1v) is 9.68. The number of benzene rings is 2. The number of carbonyl (C=O) groups is 2. The van der Waals surface area contributed by atoms with E-state index in [-0.39, 0.29) is 17.1 Å². The highest BCUT2D eigenvalue weighted by Crippen LogP contribution is 2.24. The van der Waals surface area contributed by atoms with Crippen LogP contribution < -0.4 is 0 Å². The molecule has 1 heterocycles. The van der Waals surface area contributed by atoms with Crippen LogP contribution in [0.4, 0.5) is 0 Å². The van der Waals surface area contributed by atoms with Crippen LogP contribution in [-0.4, -0.2) is 24.4 Å². The van der Waals surface area contributed by atoms with Crippen LogP contribution in [0.3, 0.4) is 0 Å². The summed E-state index contributed by atoms with van der Waals surface area (Å²) in [5.74, 6) is -0.557. The molecule has 0 spiro atoms. The van der Waals surface area contributed by atoms with E-state index >= 15 is 0 Å². The summed E-state index contributed by atoms with van der Waals surface area (Å²) in [6, 6.07) is 14.7. The summed E-state index contributed by atoms with van der Waals surface area (Å²) in [7, 11) is 0. The van der Waals surface area contributed by atoms with Crippen molar-refractivity contribution in [3.63, 3.8) is 0 Å². The van der Waals surface area contributed by atoms with E-state index in [1.807, 2.05) is 31.2 Å². The number of aliphatic imine (C=N–C) groups is 1. The Labute approximate surface area is 171 Å². The van der Waals surface area contributed by atoms with Gasteiger partial charge in [-0.3, -0.25) is 0 Å². The number of hydrogen-bond donors (Lipinski definition) is 0. The second kappa shape index (κ2) is 8.43. The van der Waals surface area contributed by atoms with Crippen LogP contribution in [0.5, 0.6) is 0 Å². The van der Waals surface area contributed by atoms with Crippen LogP contribution in [0, 0.1) is 0 Å². The Morgan fingerprint density at radius 3 is 2.31 bits per heavy atom. The fourth-order valence-corrected chi connectivity index (χ4v) is 2.80. The number of cyclic esters (lactones) is 1. The molecule has 0 saturated heterocycles. The van der Waals surface area contributed by atoms with Crippen LogP contribution in [0.1, 0.15) is 61.2 Å². The Kier molecular flexibility index (Phi) is 5.97. The highest BCUT2D eigenvalue weighted by atomic mass is 16.6. The van der Waals surface area contributed by atoms with Crippen molar-refractivity contribution < 1.29 is 19.1 Å². The maximum absolute atomic E-state index is 12.2. The maximum Gasteiger partial charge on any atom is 0.363 e. The summed E-state index contributed by atoms with van der Waals surface area (Å²) in [6.07, 6.45) is 2.41. The summed E-state index contributed by atoms with van der Waals surface area (Å²) in [6.45, 7) is 8.77. The van der Waals surface area contributed by atoms with Crippen LogP contribution in [0.2, 0.25) is 0 Å².